The van der Waals surface area contributed by atoms with Crippen molar-refractivity contribution < 1.29 is 4.79 Å². The number of H-pyrrole nitrogens is 1. The van der Waals surface area contributed by atoms with Gasteiger partial charge in [-0.3, -0.25) is 4.79 Å². The summed E-state index contributed by atoms with van der Waals surface area (Å²) in [5.74, 6) is 0.634. The van der Waals surface area contributed by atoms with E-state index in [0.717, 1.165) is 22.7 Å². The van der Waals surface area contributed by atoms with Crippen molar-refractivity contribution >= 4 is 17.2 Å². The molecule has 7 nitrogen and oxygen atoms in total. The Hall–Kier alpha value is -2.61. The Morgan fingerprint density at radius 2 is 2.13 bits per heavy atom. The summed E-state index contributed by atoms with van der Waals surface area (Å²) in [6.45, 7) is 0.586. The van der Waals surface area contributed by atoms with Gasteiger partial charge in [0.05, 0.1) is 12.1 Å². The van der Waals surface area contributed by atoms with Gasteiger partial charge in [0, 0.05) is 23.9 Å². The fourth-order valence-electron chi connectivity index (χ4n) is 2.09. The predicted molar refractivity (Wildman–Crippen MR) is 86.8 cm³/mol. The molecule has 0 aliphatic heterocycles. The quantitative estimate of drug-likeness (QED) is 0.642. The van der Waals surface area contributed by atoms with Gasteiger partial charge in [0.1, 0.15) is 5.01 Å². The van der Waals surface area contributed by atoms with Crippen LogP contribution in [0.15, 0.2) is 35.7 Å². The van der Waals surface area contributed by atoms with Crippen LogP contribution in [0.5, 0.6) is 0 Å². The lowest BCUT2D eigenvalue weighted by molar-refractivity contribution is -0.120. The van der Waals surface area contributed by atoms with E-state index in [4.69, 9.17) is 0 Å². The summed E-state index contributed by atoms with van der Waals surface area (Å²) < 4.78 is 0. The number of aromatic amines is 1. The molecule has 0 bridgehead atoms. The summed E-state index contributed by atoms with van der Waals surface area (Å²) in [6, 6.07) is 9.96. The zero-order valence-electron chi connectivity index (χ0n) is 12.4. The molecule has 3 rings (SSSR count). The summed E-state index contributed by atoms with van der Waals surface area (Å²) >= 11 is 1.55. The molecule has 0 fully saturated rings. The molecular weight excluding hydrogens is 312 g/mol. The van der Waals surface area contributed by atoms with Crippen LogP contribution >= 0.6 is 11.3 Å². The molecule has 0 aliphatic carbocycles. The first-order valence-electron chi connectivity index (χ1n) is 7.30. The van der Waals surface area contributed by atoms with Gasteiger partial charge >= 0.3 is 0 Å². The zero-order valence-corrected chi connectivity index (χ0v) is 13.2. The maximum absolute atomic E-state index is 11.9. The number of nitrogens with one attached hydrogen (secondary N) is 2. The molecule has 2 N–H and O–H groups in total. The van der Waals surface area contributed by atoms with Crippen LogP contribution in [-0.2, 0) is 17.6 Å². The molecule has 118 valence electrons. The number of benzene rings is 1. The third-order valence-electron chi connectivity index (χ3n) is 3.20. The monoisotopic (exact) mass is 328 g/mol. The fourth-order valence-corrected chi connectivity index (χ4v) is 2.92. The molecule has 0 aliphatic rings. The van der Waals surface area contributed by atoms with Gasteiger partial charge in [-0.25, -0.2) is 4.98 Å². The number of tetrazole rings is 1. The first-order valence-corrected chi connectivity index (χ1v) is 8.18. The van der Waals surface area contributed by atoms with Crippen LogP contribution in [0.4, 0.5) is 0 Å². The second-order valence-electron chi connectivity index (χ2n) is 4.97. The second-order valence-corrected chi connectivity index (χ2v) is 5.83. The number of carbonyl (C=O) groups is 1. The van der Waals surface area contributed by atoms with Gasteiger partial charge in [-0.1, -0.05) is 35.5 Å². The molecule has 0 atom stereocenters. The number of aromatic nitrogens is 5. The minimum absolute atomic E-state index is 0.0250. The zero-order chi connectivity index (χ0) is 15.9. The highest BCUT2D eigenvalue weighted by molar-refractivity contribution is 7.13. The van der Waals surface area contributed by atoms with Crippen LogP contribution in [0.2, 0.25) is 0 Å². The number of aryl methyl sites for hydroxylation is 1. The molecule has 0 radical (unpaired) electrons. The molecule has 1 amide bonds. The lowest BCUT2D eigenvalue weighted by Gasteiger charge is -2.02. The van der Waals surface area contributed by atoms with Crippen LogP contribution in [0, 0.1) is 0 Å². The molecule has 2 aromatic heterocycles. The summed E-state index contributed by atoms with van der Waals surface area (Å²) in [7, 11) is 0. The third kappa shape index (κ3) is 4.43. The molecule has 2 heterocycles. The molecule has 0 spiro atoms. The summed E-state index contributed by atoms with van der Waals surface area (Å²) in [4.78, 5) is 16.4. The number of carbonyl (C=O) groups excluding carboxylic acids is 1. The standard InChI is InChI=1S/C15H16N6OS/c22-14(16-8-4-7-13-18-20-21-19-13)9-12-10-23-15(17-12)11-5-2-1-3-6-11/h1-3,5-6,10H,4,7-9H2,(H,16,22)(H,18,19,20,21). The highest BCUT2D eigenvalue weighted by Crippen LogP contribution is 2.23. The van der Waals surface area contributed by atoms with Crippen LogP contribution in [0.1, 0.15) is 17.9 Å². The maximum Gasteiger partial charge on any atom is 0.226 e. The molecular formula is C15H16N6OS. The lowest BCUT2D eigenvalue weighted by atomic mass is 10.2. The maximum atomic E-state index is 11.9. The molecule has 0 saturated heterocycles. The Balaban J connectivity index is 1.44. The van der Waals surface area contributed by atoms with Crippen LogP contribution < -0.4 is 5.32 Å². The van der Waals surface area contributed by atoms with Gasteiger partial charge in [-0.2, -0.15) is 5.21 Å². The van der Waals surface area contributed by atoms with Crippen molar-refractivity contribution in [3.8, 4) is 10.6 Å². The van der Waals surface area contributed by atoms with Crippen LogP contribution in [-0.4, -0.2) is 38.1 Å². The number of nitrogens with zero attached hydrogens (tertiary/aromatic N) is 4. The van der Waals surface area contributed by atoms with E-state index in [0.29, 0.717) is 25.2 Å². The smallest absolute Gasteiger partial charge is 0.226 e. The van der Waals surface area contributed by atoms with Gasteiger partial charge in [0.25, 0.3) is 0 Å². The van der Waals surface area contributed by atoms with Crippen LogP contribution in [0.25, 0.3) is 10.6 Å². The van der Waals surface area contributed by atoms with Crippen molar-refractivity contribution in [2.45, 2.75) is 19.3 Å². The Labute approximate surface area is 137 Å². The Morgan fingerprint density at radius 1 is 1.26 bits per heavy atom. The highest BCUT2D eigenvalue weighted by atomic mass is 32.1. The SMILES string of the molecule is O=C(Cc1csc(-c2ccccc2)n1)NCCCc1nn[nH]n1. The van der Waals surface area contributed by atoms with E-state index in [9.17, 15) is 4.79 Å². The van der Waals surface area contributed by atoms with E-state index in [1.807, 2.05) is 35.7 Å². The van der Waals surface area contributed by atoms with Gasteiger partial charge in [-0.15, -0.1) is 21.5 Å². The summed E-state index contributed by atoms with van der Waals surface area (Å²) in [5, 5.41) is 19.4. The fraction of sp³-hybridized carbons (Fsp3) is 0.267. The number of hydrogen-bond acceptors (Lipinski definition) is 6. The van der Waals surface area contributed by atoms with E-state index >= 15 is 0 Å². The Kier molecular flexibility index (Phi) is 5.05. The van der Waals surface area contributed by atoms with Gasteiger partial charge in [0.2, 0.25) is 5.91 Å². The number of rotatable bonds is 7. The third-order valence-corrected chi connectivity index (χ3v) is 4.14. The van der Waals surface area contributed by atoms with Crippen LogP contribution in [0.3, 0.4) is 0 Å². The first kappa shape index (κ1) is 15.3. The molecule has 1 aromatic carbocycles. The van der Waals surface area contributed by atoms with E-state index in [-0.39, 0.29) is 5.91 Å². The van der Waals surface area contributed by atoms with E-state index in [1.165, 1.54) is 0 Å². The average Bonchev–Trinajstić information content (AvgIpc) is 3.24. The molecule has 8 heteroatoms. The molecule has 3 aromatic rings. The van der Waals surface area contributed by atoms with Gasteiger partial charge < -0.3 is 5.32 Å². The Bertz CT molecular complexity index is 740. The molecule has 0 saturated carbocycles. The molecule has 0 unspecified atom stereocenters. The first-order chi connectivity index (χ1) is 11.3. The minimum Gasteiger partial charge on any atom is -0.356 e. The molecule has 23 heavy (non-hydrogen) atoms. The topological polar surface area (TPSA) is 96.5 Å². The number of amides is 1. The van der Waals surface area contributed by atoms with Gasteiger partial charge in [-0.05, 0) is 6.42 Å². The van der Waals surface area contributed by atoms with E-state index in [2.05, 4.69) is 30.9 Å². The largest absolute Gasteiger partial charge is 0.356 e. The summed E-state index contributed by atoms with van der Waals surface area (Å²) in [5.41, 5.74) is 1.87. The van der Waals surface area contributed by atoms with Crippen molar-refractivity contribution in [2.75, 3.05) is 6.54 Å². The average molecular weight is 328 g/mol. The van der Waals surface area contributed by atoms with Crippen molar-refractivity contribution in [1.82, 2.24) is 30.9 Å². The van der Waals surface area contributed by atoms with E-state index in [1.54, 1.807) is 11.3 Å². The second kappa shape index (κ2) is 7.59. The van der Waals surface area contributed by atoms with Crippen molar-refractivity contribution in [3.05, 3.63) is 47.2 Å². The van der Waals surface area contributed by atoms with E-state index < -0.39 is 0 Å². The highest BCUT2D eigenvalue weighted by Gasteiger charge is 2.08. The van der Waals surface area contributed by atoms with Crippen molar-refractivity contribution in [3.63, 3.8) is 0 Å². The summed E-state index contributed by atoms with van der Waals surface area (Å²) in [6.07, 6.45) is 1.76. The predicted octanol–water partition coefficient (Wildman–Crippen LogP) is 1.61. The minimum atomic E-state index is -0.0250. The van der Waals surface area contributed by atoms with Gasteiger partial charge in [0.15, 0.2) is 5.82 Å². The number of thiazole rings is 1. The van der Waals surface area contributed by atoms with Crippen molar-refractivity contribution in [1.29, 1.82) is 0 Å². The van der Waals surface area contributed by atoms with Crippen molar-refractivity contribution in [2.24, 2.45) is 0 Å². The normalized spacial score (nSPS) is 10.6. The Morgan fingerprint density at radius 3 is 2.91 bits per heavy atom. The lowest BCUT2D eigenvalue weighted by Crippen LogP contribution is -2.26. The number of hydrogen-bond donors (Lipinski definition) is 2.